The third-order valence-corrected chi connectivity index (χ3v) is 14.3. The number of rotatable bonds is 5. The van der Waals surface area contributed by atoms with Crippen molar-refractivity contribution in [2.75, 3.05) is 0 Å². The van der Waals surface area contributed by atoms with Gasteiger partial charge in [0.1, 0.15) is 0 Å². The fourth-order valence-corrected chi connectivity index (χ4v) is 11.2. The molecule has 0 spiro atoms. The van der Waals surface area contributed by atoms with Crippen LogP contribution in [0.15, 0.2) is 218 Å². The zero-order valence-electron chi connectivity index (χ0n) is 36.3. The average Bonchev–Trinajstić information content (AvgIpc) is 3.59. The monoisotopic (exact) mass is 822 g/mol. The summed E-state index contributed by atoms with van der Waals surface area (Å²) in [5.74, 6) is 0. The van der Waals surface area contributed by atoms with Crippen molar-refractivity contribution in [3.05, 3.63) is 242 Å². The van der Waals surface area contributed by atoms with Gasteiger partial charge in [0.15, 0.2) is 0 Å². The Bertz CT molecular complexity index is 3770. The van der Waals surface area contributed by atoms with Crippen LogP contribution in [0.5, 0.6) is 0 Å². The highest BCUT2D eigenvalue weighted by molar-refractivity contribution is 6.23. The van der Waals surface area contributed by atoms with Crippen molar-refractivity contribution in [3.63, 3.8) is 0 Å². The van der Waals surface area contributed by atoms with Gasteiger partial charge in [-0.1, -0.05) is 214 Å². The van der Waals surface area contributed by atoms with Gasteiger partial charge in [0.05, 0.1) is 0 Å². The minimum absolute atomic E-state index is 0.117. The molecule has 65 heavy (non-hydrogen) atoms. The Labute approximate surface area is 379 Å². The van der Waals surface area contributed by atoms with Crippen LogP contribution in [0.2, 0.25) is 0 Å². The van der Waals surface area contributed by atoms with Gasteiger partial charge in [0, 0.05) is 11.0 Å². The maximum atomic E-state index is 3.42. The van der Waals surface area contributed by atoms with Crippen LogP contribution in [0.3, 0.4) is 0 Å². The molecule has 0 saturated heterocycles. The van der Waals surface area contributed by atoms with Crippen molar-refractivity contribution < 1.29 is 0 Å². The molecule has 12 aromatic carbocycles. The van der Waals surface area contributed by atoms with Gasteiger partial charge in [0.25, 0.3) is 0 Å². The van der Waals surface area contributed by atoms with Crippen molar-refractivity contribution in [2.45, 2.75) is 19.3 Å². The molecule has 1 aliphatic rings. The minimum Gasteiger partial charge on any atom is -0.0696 e. The third-order valence-electron chi connectivity index (χ3n) is 14.3. The van der Waals surface area contributed by atoms with E-state index >= 15 is 0 Å². The van der Waals surface area contributed by atoms with E-state index in [1.165, 1.54) is 132 Å². The molecule has 13 rings (SSSR count). The summed E-state index contributed by atoms with van der Waals surface area (Å²) in [6.07, 6.45) is 0. The van der Waals surface area contributed by atoms with Gasteiger partial charge < -0.3 is 0 Å². The van der Waals surface area contributed by atoms with E-state index in [1.807, 2.05) is 6.07 Å². The molecule has 0 fully saturated rings. The van der Waals surface area contributed by atoms with Crippen LogP contribution in [-0.2, 0) is 5.41 Å². The van der Waals surface area contributed by atoms with Crippen LogP contribution in [0.25, 0.3) is 121 Å². The van der Waals surface area contributed by atoms with Crippen LogP contribution in [0, 0.1) is 12.1 Å². The van der Waals surface area contributed by atoms with E-state index in [0.29, 0.717) is 0 Å². The van der Waals surface area contributed by atoms with E-state index in [9.17, 15) is 0 Å². The topological polar surface area (TPSA) is 0 Å². The fourth-order valence-electron chi connectivity index (χ4n) is 11.2. The van der Waals surface area contributed by atoms with Crippen molar-refractivity contribution in [1.82, 2.24) is 0 Å². The van der Waals surface area contributed by atoms with Gasteiger partial charge in [0.2, 0.25) is 0 Å². The summed E-state index contributed by atoms with van der Waals surface area (Å²) < 4.78 is 0. The highest BCUT2D eigenvalue weighted by Gasteiger charge is 2.36. The second kappa shape index (κ2) is 14.4. The first-order valence-corrected chi connectivity index (χ1v) is 22.7. The number of fused-ring (bicyclic) bond motifs is 8. The average molecular weight is 823 g/mol. The molecular formula is C65H42. The predicted molar refractivity (Wildman–Crippen MR) is 276 cm³/mol. The zero-order chi connectivity index (χ0) is 43.2. The summed E-state index contributed by atoms with van der Waals surface area (Å²) in [6, 6.07) is 87.5. The Kier molecular flexibility index (Phi) is 8.27. The molecule has 302 valence electrons. The van der Waals surface area contributed by atoms with Gasteiger partial charge in [-0.25, -0.2) is 0 Å². The zero-order valence-corrected chi connectivity index (χ0v) is 36.3. The van der Waals surface area contributed by atoms with Crippen LogP contribution in [-0.4, -0.2) is 0 Å². The standard InChI is InChI=1S/C65H42/c1-65(2)59-27-15-14-18-49(59)50-37-36-48(40-60(50)65)64-57-25-12-8-21-53(57)62(54-22-9-13-26-58(54)64)43-30-28-41(29-31-43)44-32-33-46-39-47(35-34-45(46)38-44)63-55-23-10-6-19-51(55)61(42-16-4-3-5-17-42)52-20-7-11-24-56(52)63/h3-13,15-17,19-40H,1-2H3. The van der Waals surface area contributed by atoms with Crippen molar-refractivity contribution >= 4 is 53.9 Å². The first-order chi connectivity index (χ1) is 32.0. The molecule has 1 aliphatic carbocycles. The Morgan fingerprint density at radius 1 is 0.308 bits per heavy atom. The molecule has 0 saturated carbocycles. The van der Waals surface area contributed by atoms with Crippen molar-refractivity contribution in [1.29, 1.82) is 0 Å². The lowest BCUT2D eigenvalue weighted by Gasteiger charge is -2.22. The Morgan fingerprint density at radius 3 is 1.22 bits per heavy atom. The maximum Gasteiger partial charge on any atom is 0.0365 e. The quantitative estimate of drug-likeness (QED) is 0.152. The molecule has 0 bridgehead atoms. The van der Waals surface area contributed by atoms with Crippen LogP contribution >= 0.6 is 0 Å². The van der Waals surface area contributed by atoms with E-state index in [0.717, 1.165) is 0 Å². The Balaban J connectivity index is 0.886. The van der Waals surface area contributed by atoms with Gasteiger partial charge >= 0.3 is 0 Å². The lowest BCUT2D eigenvalue weighted by atomic mass is 9.80. The number of hydrogen-bond acceptors (Lipinski definition) is 0. The lowest BCUT2D eigenvalue weighted by molar-refractivity contribution is 0.661. The third kappa shape index (κ3) is 5.73. The van der Waals surface area contributed by atoms with Crippen molar-refractivity contribution in [2.24, 2.45) is 0 Å². The molecule has 0 nitrogen and oxygen atoms in total. The maximum absolute atomic E-state index is 3.42. The van der Waals surface area contributed by atoms with E-state index in [2.05, 4.69) is 238 Å². The molecule has 0 unspecified atom stereocenters. The van der Waals surface area contributed by atoms with Crippen molar-refractivity contribution in [3.8, 4) is 66.8 Å². The highest BCUT2D eigenvalue weighted by atomic mass is 14.4. The fraction of sp³-hybridized carbons (Fsp3) is 0.0462. The van der Waals surface area contributed by atoms with E-state index in [4.69, 9.17) is 0 Å². The minimum atomic E-state index is -0.117. The molecule has 0 aliphatic heterocycles. The first kappa shape index (κ1) is 37.3. The molecule has 0 aromatic heterocycles. The van der Waals surface area contributed by atoms with Crippen LogP contribution in [0.4, 0.5) is 0 Å². The highest BCUT2D eigenvalue weighted by Crippen LogP contribution is 2.51. The Morgan fingerprint density at radius 2 is 0.692 bits per heavy atom. The molecule has 12 aromatic rings. The molecular weight excluding hydrogens is 781 g/mol. The van der Waals surface area contributed by atoms with Gasteiger partial charge in [-0.15, -0.1) is 0 Å². The summed E-state index contributed by atoms with van der Waals surface area (Å²) in [4.78, 5) is 0. The van der Waals surface area contributed by atoms with Gasteiger partial charge in [-0.2, -0.15) is 0 Å². The van der Waals surface area contributed by atoms with Gasteiger partial charge in [-0.3, -0.25) is 0 Å². The van der Waals surface area contributed by atoms with Crippen LogP contribution < -0.4 is 0 Å². The summed E-state index contributed by atoms with van der Waals surface area (Å²) >= 11 is 0. The summed E-state index contributed by atoms with van der Waals surface area (Å²) in [6.45, 7) is 4.67. The summed E-state index contributed by atoms with van der Waals surface area (Å²) in [5.41, 5.74) is 17.5. The number of benzene rings is 11. The molecule has 0 heteroatoms. The number of hydrogen-bond donors (Lipinski definition) is 0. The molecule has 0 N–H and O–H groups in total. The second-order valence-corrected chi connectivity index (χ2v) is 18.2. The molecule has 0 heterocycles. The first-order valence-electron chi connectivity index (χ1n) is 22.7. The SMILES string of the molecule is CC1(C)c2ccc#cc2-c2ccc(-c3c4ccccc4c(-c4ccc(-c5ccc6cc(-c7c8ccccc8c(-c8ccccc8)c8ccccc78)ccc6c5)cc4)c4ccccc34)cc21. The van der Waals surface area contributed by atoms with Crippen LogP contribution in [0.1, 0.15) is 25.0 Å². The molecule has 0 radical (unpaired) electrons. The van der Waals surface area contributed by atoms with E-state index < -0.39 is 0 Å². The second-order valence-electron chi connectivity index (χ2n) is 18.2. The summed E-state index contributed by atoms with van der Waals surface area (Å²) in [5, 5.41) is 12.6. The largest absolute Gasteiger partial charge is 0.0696 e. The summed E-state index contributed by atoms with van der Waals surface area (Å²) in [7, 11) is 0. The normalized spacial score (nSPS) is 12.8. The molecule has 0 amide bonds. The van der Waals surface area contributed by atoms with E-state index in [1.54, 1.807) is 0 Å². The lowest BCUT2D eigenvalue weighted by Crippen LogP contribution is -2.14. The van der Waals surface area contributed by atoms with Gasteiger partial charge in [-0.05, 0) is 157 Å². The Hall–Kier alpha value is -8.24. The predicted octanol–water partition coefficient (Wildman–Crippen LogP) is 17.7. The van der Waals surface area contributed by atoms with E-state index in [-0.39, 0.29) is 5.41 Å². The smallest absolute Gasteiger partial charge is 0.0365 e. The molecule has 0 atom stereocenters.